The maximum absolute atomic E-state index is 5.78. The highest BCUT2D eigenvalue weighted by Crippen LogP contribution is 2.17. The SMILES string of the molecule is COCC(N)c1nc(CC2CCOC2)no1. The van der Waals surface area contributed by atoms with Crippen molar-refractivity contribution in [1.82, 2.24) is 10.1 Å². The Morgan fingerprint density at radius 3 is 3.19 bits per heavy atom. The van der Waals surface area contributed by atoms with E-state index in [1.165, 1.54) is 0 Å². The number of nitrogens with two attached hydrogens (primary N) is 1. The molecule has 0 saturated carbocycles. The minimum absolute atomic E-state index is 0.342. The summed E-state index contributed by atoms with van der Waals surface area (Å²) in [4.78, 5) is 4.25. The molecule has 2 unspecified atom stereocenters. The molecule has 2 rings (SSSR count). The van der Waals surface area contributed by atoms with Gasteiger partial charge in [-0.15, -0.1) is 0 Å². The highest BCUT2D eigenvalue weighted by atomic mass is 16.5. The third-order valence-corrected chi connectivity index (χ3v) is 2.64. The van der Waals surface area contributed by atoms with Crippen molar-refractivity contribution in [2.24, 2.45) is 11.7 Å². The second kappa shape index (κ2) is 5.38. The van der Waals surface area contributed by atoms with Gasteiger partial charge < -0.3 is 19.7 Å². The largest absolute Gasteiger partial charge is 0.383 e. The summed E-state index contributed by atoms with van der Waals surface area (Å²) in [6.45, 7) is 2.00. The van der Waals surface area contributed by atoms with Gasteiger partial charge in [-0.3, -0.25) is 0 Å². The normalized spacial score (nSPS) is 22.5. The van der Waals surface area contributed by atoms with Gasteiger partial charge in [0, 0.05) is 26.7 Å². The molecular formula is C10H17N3O3. The van der Waals surface area contributed by atoms with E-state index in [4.69, 9.17) is 19.7 Å². The van der Waals surface area contributed by atoms with Gasteiger partial charge in [0.05, 0.1) is 6.61 Å². The van der Waals surface area contributed by atoms with Crippen LogP contribution in [-0.4, -0.2) is 37.1 Å². The van der Waals surface area contributed by atoms with E-state index in [1.807, 2.05) is 0 Å². The van der Waals surface area contributed by atoms with Crippen molar-refractivity contribution in [3.63, 3.8) is 0 Å². The van der Waals surface area contributed by atoms with Gasteiger partial charge in [-0.25, -0.2) is 0 Å². The van der Waals surface area contributed by atoms with Crippen molar-refractivity contribution in [1.29, 1.82) is 0 Å². The fourth-order valence-corrected chi connectivity index (χ4v) is 1.75. The molecule has 0 amide bonds. The average molecular weight is 227 g/mol. The molecule has 1 aromatic heterocycles. The second-order valence-corrected chi connectivity index (χ2v) is 4.04. The van der Waals surface area contributed by atoms with E-state index in [1.54, 1.807) is 7.11 Å². The Morgan fingerprint density at radius 1 is 1.62 bits per heavy atom. The Bertz CT molecular complexity index is 323. The first kappa shape index (κ1) is 11.5. The molecule has 0 spiro atoms. The number of nitrogens with zero attached hydrogens (tertiary/aromatic N) is 2. The summed E-state index contributed by atoms with van der Waals surface area (Å²) in [6, 6.07) is -0.342. The van der Waals surface area contributed by atoms with Crippen molar-refractivity contribution >= 4 is 0 Å². The van der Waals surface area contributed by atoms with Crippen LogP contribution in [-0.2, 0) is 15.9 Å². The van der Waals surface area contributed by atoms with E-state index in [2.05, 4.69) is 10.1 Å². The van der Waals surface area contributed by atoms with Crippen molar-refractivity contribution in [3.05, 3.63) is 11.7 Å². The topological polar surface area (TPSA) is 83.4 Å². The van der Waals surface area contributed by atoms with E-state index in [-0.39, 0.29) is 6.04 Å². The average Bonchev–Trinajstić information content (AvgIpc) is 2.90. The molecule has 0 aromatic carbocycles. The lowest BCUT2D eigenvalue weighted by molar-refractivity contribution is 0.166. The zero-order valence-electron chi connectivity index (χ0n) is 9.39. The monoisotopic (exact) mass is 227 g/mol. The minimum Gasteiger partial charge on any atom is -0.383 e. The Balaban J connectivity index is 1.90. The van der Waals surface area contributed by atoms with Crippen LogP contribution in [0.5, 0.6) is 0 Å². The molecule has 0 aliphatic carbocycles. The number of hydrogen-bond acceptors (Lipinski definition) is 6. The third kappa shape index (κ3) is 2.78. The van der Waals surface area contributed by atoms with Gasteiger partial charge >= 0.3 is 0 Å². The van der Waals surface area contributed by atoms with Crippen molar-refractivity contribution in [3.8, 4) is 0 Å². The Kier molecular flexibility index (Phi) is 3.87. The van der Waals surface area contributed by atoms with E-state index >= 15 is 0 Å². The smallest absolute Gasteiger partial charge is 0.245 e. The summed E-state index contributed by atoms with van der Waals surface area (Å²) in [7, 11) is 1.59. The van der Waals surface area contributed by atoms with Gasteiger partial charge in [-0.05, 0) is 12.3 Å². The minimum atomic E-state index is -0.342. The van der Waals surface area contributed by atoms with Crippen LogP contribution >= 0.6 is 0 Å². The van der Waals surface area contributed by atoms with Crippen LogP contribution in [0.15, 0.2) is 4.52 Å². The van der Waals surface area contributed by atoms with E-state index < -0.39 is 0 Å². The zero-order chi connectivity index (χ0) is 11.4. The van der Waals surface area contributed by atoms with E-state index in [0.29, 0.717) is 24.2 Å². The van der Waals surface area contributed by atoms with Crippen LogP contribution in [0, 0.1) is 5.92 Å². The summed E-state index contributed by atoms with van der Waals surface area (Å²) in [5.41, 5.74) is 5.78. The quantitative estimate of drug-likeness (QED) is 0.778. The summed E-state index contributed by atoms with van der Waals surface area (Å²) in [5, 5.41) is 3.91. The number of hydrogen-bond donors (Lipinski definition) is 1. The van der Waals surface area contributed by atoms with Gasteiger partial charge in [-0.2, -0.15) is 4.98 Å². The number of rotatable bonds is 5. The molecule has 0 radical (unpaired) electrons. The van der Waals surface area contributed by atoms with Gasteiger partial charge in [0.2, 0.25) is 5.89 Å². The number of methoxy groups -OCH3 is 1. The fourth-order valence-electron chi connectivity index (χ4n) is 1.75. The molecule has 1 aromatic rings. The van der Waals surface area contributed by atoms with Gasteiger partial charge in [0.25, 0.3) is 0 Å². The number of ether oxygens (including phenoxy) is 2. The van der Waals surface area contributed by atoms with Crippen LogP contribution < -0.4 is 5.73 Å². The highest BCUT2D eigenvalue weighted by Gasteiger charge is 2.20. The molecule has 1 saturated heterocycles. The van der Waals surface area contributed by atoms with Gasteiger partial charge in [-0.1, -0.05) is 5.16 Å². The van der Waals surface area contributed by atoms with Crippen molar-refractivity contribution < 1.29 is 14.0 Å². The summed E-state index contributed by atoms with van der Waals surface area (Å²) in [5.74, 6) is 1.65. The molecule has 2 N–H and O–H groups in total. The lowest BCUT2D eigenvalue weighted by Gasteiger charge is -2.03. The molecule has 6 heteroatoms. The van der Waals surface area contributed by atoms with E-state index in [0.717, 1.165) is 26.1 Å². The van der Waals surface area contributed by atoms with Crippen LogP contribution in [0.1, 0.15) is 24.2 Å². The summed E-state index contributed by atoms with van der Waals surface area (Å²) >= 11 is 0. The Hall–Kier alpha value is -0.980. The Morgan fingerprint density at radius 2 is 2.50 bits per heavy atom. The van der Waals surface area contributed by atoms with Crippen LogP contribution in [0.3, 0.4) is 0 Å². The van der Waals surface area contributed by atoms with Crippen molar-refractivity contribution in [2.75, 3.05) is 26.9 Å². The first-order chi connectivity index (χ1) is 7.79. The van der Waals surface area contributed by atoms with Gasteiger partial charge in [0.1, 0.15) is 6.04 Å². The fraction of sp³-hybridized carbons (Fsp3) is 0.800. The van der Waals surface area contributed by atoms with Crippen LogP contribution in [0.2, 0.25) is 0 Å². The first-order valence-corrected chi connectivity index (χ1v) is 5.44. The highest BCUT2D eigenvalue weighted by molar-refractivity contribution is 4.93. The molecule has 2 atom stereocenters. The lowest BCUT2D eigenvalue weighted by Crippen LogP contribution is -2.16. The maximum atomic E-state index is 5.78. The van der Waals surface area contributed by atoms with Gasteiger partial charge in [0.15, 0.2) is 5.82 Å². The van der Waals surface area contributed by atoms with Crippen LogP contribution in [0.4, 0.5) is 0 Å². The molecule has 0 bridgehead atoms. The molecule has 1 aliphatic rings. The Labute approximate surface area is 94.1 Å². The molecule has 90 valence electrons. The zero-order valence-corrected chi connectivity index (χ0v) is 9.39. The maximum Gasteiger partial charge on any atom is 0.245 e. The predicted molar refractivity (Wildman–Crippen MR) is 55.7 cm³/mol. The summed E-state index contributed by atoms with van der Waals surface area (Å²) in [6.07, 6.45) is 1.86. The number of aromatic nitrogens is 2. The predicted octanol–water partition coefficient (Wildman–Crippen LogP) is 0.295. The molecule has 6 nitrogen and oxygen atoms in total. The molecule has 16 heavy (non-hydrogen) atoms. The van der Waals surface area contributed by atoms with E-state index in [9.17, 15) is 0 Å². The lowest BCUT2D eigenvalue weighted by atomic mass is 10.1. The van der Waals surface area contributed by atoms with Crippen molar-refractivity contribution in [2.45, 2.75) is 18.9 Å². The molecular weight excluding hydrogens is 210 g/mol. The molecule has 2 heterocycles. The van der Waals surface area contributed by atoms with Crippen LogP contribution in [0.25, 0.3) is 0 Å². The third-order valence-electron chi connectivity index (χ3n) is 2.64. The summed E-state index contributed by atoms with van der Waals surface area (Å²) < 4.78 is 15.3. The molecule has 1 aliphatic heterocycles. The molecule has 1 fully saturated rings. The standard InChI is InChI=1S/C10H17N3O3/c1-14-6-8(11)10-12-9(13-16-10)4-7-2-3-15-5-7/h7-8H,2-6,11H2,1H3. The first-order valence-electron chi connectivity index (χ1n) is 5.44. The second-order valence-electron chi connectivity index (χ2n) is 4.04.